The predicted octanol–water partition coefficient (Wildman–Crippen LogP) is 3.80. The summed E-state index contributed by atoms with van der Waals surface area (Å²) in [6, 6.07) is 5.32. The van der Waals surface area contributed by atoms with Crippen molar-refractivity contribution < 1.29 is 33.3 Å². The number of benzene rings is 1. The van der Waals surface area contributed by atoms with E-state index < -0.39 is 23.2 Å². The Balaban J connectivity index is 3.43. The highest BCUT2D eigenvalue weighted by Crippen LogP contribution is 2.32. The topological polar surface area (TPSA) is 83.5 Å². The van der Waals surface area contributed by atoms with Crippen LogP contribution in [0.1, 0.15) is 47.1 Å². The monoisotopic (exact) mass is 425 g/mol. The number of carbonyl (C=O) groups excluding carboxylic acids is 2. The van der Waals surface area contributed by atoms with Gasteiger partial charge < -0.3 is 23.7 Å². The first-order valence-corrected chi connectivity index (χ1v) is 9.79. The molecule has 0 saturated carbocycles. The SMILES string of the molecule is COCN(C(=O)OC(C)(C)C)[C@@](C)(Cc1ccc(OC)c(OC)c1)C(=O)OC(C)C. The van der Waals surface area contributed by atoms with E-state index in [1.54, 1.807) is 60.8 Å². The molecule has 0 unspecified atom stereocenters. The summed E-state index contributed by atoms with van der Waals surface area (Å²) < 4.78 is 26.9. The summed E-state index contributed by atoms with van der Waals surface area (Å²) in [6.45, 7) is 10.3. The Morgan fingerprint density at radius 3 is 2.07 bits per heavy atom. The fourth-order valence-corrected chi connectivity index (χ4v) is 2.85. The van der Waals surface area contributed by atoms with E-state index in [9.17, 15) is 9.59 Å². The van der Waals surface area contributed by atoms with Gasteiger partial charge in [0.1, 0.15) is 17.9 Å². The number of hydrogen-bond acceptors (Lipinski definition) is 7. The van der Waals surface area contributed by atoms with Crippen molar-refractivity contribution in [3.8, 4) is 11.5 Å². The zero-order chi connectivity index (χ0) is 23.1. The van der Waals surface area contributed by atoms with Crippen LogP contribution in [0.3, 0.4) is 0 Å². The normalized spacial score (nSPS) is 13.4. The number of ether oxygens (including phenoxy) is 5. The zero-order valence-corrected chi connectivity index (χ0v) is 19.5. The minimum Gasteiger partial charge on any atom is -0.493 e. The molecule has 1 atom stereocenters. The number of hydrogen-bond donors (Lipinski definition) is 0. The molecule has 0 radical (unpaired) electrons. The van der Waals surface area contributed by atoms with Crippen molar-refractivity contribution in [1.29, 1.82) is 0 Å². The third-order valence-corrected chi connectivity index (χ3v) is 4.25. The quantitative estimate of drug-likeness (QED) is 0.439. The predicted molar refractivity (Wildman–Crippen MR) is 113 cm³/mol. The summed E-state index contributed by atoms with van der Waals surface area (Å²) in [5.74, 6) is 0.522. The molecule has 0 aromatic heterocycles. The van der Waals surface area contributed by atoms with Gasteiger partial charge in [0.2, 0.25) is 0 Å². The molecule has 0 aliphatic rings. The average Bonchev–Trinajstić information content (AvgIpc) is 2.63. The van der Waals surface area contributed by atoms with Gasteiger partial charge in [-0.05, 0) is 59.2 Å². The Labute approximate surface area is 179 Å². The van der Waals surface area contributed by atoms with Crippen molar-refractivity contribution in [2.45, 2.75) is 65.2 Å². The van der Waals surface area contributed by atoms with Crippen LogP contribution in [-0.2, 0) is 25.4 Å². The third kappa shape index (κ3) is 6.79. The first-order valence-electron chi connectivity index (χ1n) is 9.79. The molecule has 0 saturated heterocycles. The second-order valence-electron chi connectivity index (χ2n) is 8.42. The van der Waals surface area contributed by atoms with Crippen molar-refractivity contribution >= 4 is 12.1 Å². The first kappa shape index (κ1) is 25.6. The average molecular weight is 426 g/mol. The summed E-state index contributed by atoms with van der Waals surface area (Å²) in [4.78, 5) is 27.4. The number of amides is 1. The highest BCUT2D eigenvalue weighted by atomic mass is 16.6. The Morgan fingerprint density at radius 1 is 1.00 bits per heavy atom. The number of rotatable bonds is 9. The molecule has 0 spiro atoms. The molecule has 0 aliphatic carbocycles. The molecule has 0 fully saturated rings. The fraction of sp³-hybridized carbons (Fsp3) is 0.636. The third-order valence-electron chi connectivity index (χ3n) is 4.25. The van der Waals surface area contributed by atoms with Crippen LogP contribution in [0.25, 0.3) is 0 Å². The molecular formula is C22H35NO7. The molecule has 0 N–H and O–H groups in total. The zero-order valence-electron chi connectivity index (χ0n) is 19.5. The maximum Gasteiger partial charge on any atom is 0.413 e. The van der Waals surface area contributed by atoms with Gasteiger partial charge in [0.15, 0.2) is 11.5 Å². The molecule has 8 nitrogen and oxygen atoms in total. The minimum atomic E-state index is -1.39. The summed E-state index contributed by atoms with van der Waals surface area (Å²) in [5.41, 5.74) is -1.38. The van der Waals surface area contributed by atoms with Crippen LogP contribution in [-0.4, -0.2) is 62.3 Å². The van der Waals surface area contributed by atoms with E-state index in [-0.39, 0.29) is 19.3 Å². The van der Waals surface area contributed by atoms with Gasteiger partial charge in [0.25, 0.3) is 0 Å². The van der Waals surface area contributed by atoms with E-state index in [0.29, 0.717) is 11.5 Å². The van der Waals surface area contributed by atoms with Gasteiger partial charge in [0.05, 0.1) is 20.3 Å². The maximum absolute atomic E-state index is 13.2. The standard InChI is InChI=1S/C22H35NO7/c1-15(2)29-19(24)22(6,23(14-26-7)20(25)30-21(3,4)5)13-16-10-11-17(27-8)18(12-16)28-9/h10-12,15H,13-14H2,1-9H3/t22-/m0/s1. The molecule has 0 bridgehead atoms. The molecule has 1 rings (SSSR count). The minimum absolute atomic E-state index is 0.147. The van der Waals surface area contributed by atoms with Crippen molar-refractivity contribution in [1.82, 2.24) is 4.90 Å². The maximum atomic E-state index is 13.2. The van der Waals surface area contributed by atoms with Gasteiger partial charge in [-0.25, -0.2) is 9.59 Å². The van der Waals surface area contributed by atoms with Crippen molar-refractivity contribution in [3.05, 3.63) is 23.8 Å². The van der Waals surface area contributed by atoms with Gasteiger partial charge >= 0.3 is 12.1 Å². The van der Waals surface area contributed by atoms with Crippen LogP contribution in [0.15, 0.2) is 18.2 Å². The highest BCUT2D eigenvalue weighted by Gasteiger charge is 2.46. The van der Waals surface area contributed by atoms with Crippen LogP contribution in [0, 0.1) is 0 Å². The lowest BCUT2D eigenvalue weighted by atomic mass is 9.91. The second-order valence-corrected chi connectivity index (χ2v) is 8.42. The van der Waals surface area contributed by atoms with E-state index in [4.69, 9.17) is 23.7 Å². The smallest absolute Gasteiger partial charge is 0.413 e. The Bertz CT molecular complexity index is 727. The fourth-order valence-electron chi connectivity index (χ4n) is 2.85. The Kier molecular flexibility index (Phi) is 8.96. The molecule has 0 aliphatic heterocycles. The highest BCUT2D eigenvalue weighted by molar-refractivity contribution is 5.86. The molecular weight excluding hydrogens is 390 g/mol. The molecule has 0 heterocycles. The molecule has 1 aromatic carbocycles. The molecule has 30 heavy (non-hydrogen) atoms. The van der Waals surface area contributed by atoms with Crippen LogP contribution in [0.5, 0.6) is 11.5 Å². The largest absolute Gasteiger partial charge is 0.493 e. The van der Waals surface area contributed by atoms with Crippen molar-refractivity contribution in [2.75, 3.05) is 28.1 Å². The van der Waals surface area contributed by atoms with Gasteiger partial charge in [-0.15, -0.1) is 0 Å². The molecule has 1 amide bonds. The van der Waals surface area contributed by atoms with Crippen LogP contribution >= 0.6 is 0 Å². The number of esters is 1. The van der Waals surface area contributed by atoms with E-state index in [2.05, 4.69) is 0 Å². The van der Waals surface area contributed by atoms with E-state index in [1.807, 2.05) is 6.07 Å². The lowest BCUT2D eigenvalue weighted by molar-refractivity contribution is -0.164. The number of carbonyl (C=O) groups is 2. The lowest BCUT2D eigenvalue weighted by Gasteiger charge is -2.39. The van der Waals surface area contributed by atoms with Crippen molar-refractivity contribution in [2.24, 2.45) is 0 Å². The summed E-state index contributed by atoms with van der Waals surface area (Å²) in [7, 11) is 4.53. The van der Waals surface area contributed by atoms with Crippen LogP contribution in [0.2, 0.25) is 0 Å². The second kappa shape index (κ2) is 10.5. The number of nitrogens with zero attached hydrogens (tertiary/aromatic N) is 1. The molecule has 8 heteroatoms. The van der Waals surface area contributed by atoms with E-state index in [0.717, 1.165) is 5.56 Å². The van der Waals surface area contributed by atoms with E-state index >= 15 is 0 Å². The van der Waals surface area contributed by atoms with Crippen LogP contribution < -0.4 is 9.47 Å². The number of methoxy groups -OCH3 is 3. The van der Waals surface area contributed by atoms with Crippen molar-refractivity contribution in [3.63, 3.8) is 0 Å². The van der Waals surface area contributed by atoms with Gasteiger partial charge in [-0.2, -0.15) is 0 Å². The molecule has 1 aromatic rings. The van der Waals surface area contributed by atoms with Gasteiger partial charge in [-0.3, -0.25) is 4.90 Å². The Hall–Kier alpha value is -2.48. The Morgan fingerprint density at radius 2 is 1.60 bits per heavy atom. The summed E-state index contributed by atoms with van der Waals surface area (Å²) in [6.07, 6.45) is -0.875. The van der Waals surface area contributed by atoms with Crippen LogP contribution in [0.4, 0.5) is 4.79 Å². The molecule has 170 valence electrons. The summed E-state index contributed by atoms with van der Waals surface area (Å²) in [5, 5.41) is 0. The lowest BCUT2D eigenvalue weighted by Crippen LogP contribution is -2.59. The van der Waals surface area contributed by atoms with Gasteiger partial charge in [-0.1, -0.05) is 6.07 Å². The summed E-state index contributed by atoms with van der Waals surface area (Å²) >= 11 is 0. The first-order chi connectivity index (χ1) is 13.9. The van der Waals surface area contributed by atoms with Gasteiger partial charge in [0, 0.05) is 13.5 Å². The van der Waals surface area contributed by atoms with E-state index in [1.165, 1.54) is 19.1 Å².